The van der Waals surface area contributed by atoms with Crippen molar-refractivity contribution >= 4 is 49.1 Å². The van der Waals surface area contributed by atoms with Crippen molar-refractivity contribution in [3.8, 4) is 5.75 Å². The summed E-state index contributed by atoms with van der Waals surface area (Å²) < 4.78 is 1.69. The van der Waals surface area contributed by atoms with Crippen molar-refractivity contribution in [3.05, 3.63) is 55.9 Å². The van der Waals surface area contributed by atoms with Gasteiger partial charge in [-0.2, -0.15) is 0 Å². The van der Waals surface area contributed by atoms with E-state index in [0.717, 1.165) is 52.3 Å². The van der Waals surface area contributed by atoms with Crippen molar-refractivity contribution < 1.29 is 5.11 Å². The summed E-state index contributed by atoms with van der Waals surface area (Å²) in [6.45, 7) is 4.62. The van der Waals surface area contributed by atoms with Crippen LogP contribution in [-0.2, 0) is 6.54 Å². The van der Waals surface area contributed by atoms with E-state index in [4.69, 9.17) is 11.6 Å². The Morgan fingerprint density at radius 2 is 1.65 bits per heavy atom. The number of phenolic OH excluding ortho intramolecular Hbond substituents is 1. The first-order valence-electron chi connectivity index (χ1n) is 7.42. The third-order valence-corrected chi connectivity index (χ3v) is 5.38. The molecule has 3 nitrogen and oxygen atoms in total. The number of halogens is 3. The largest absolute Gasteiger partial charge is 0.506 e. The molecule has 1 N–H and O–H groups in total. The lowest BCUT2D eigenvalue weighted by Gasteiger charge is -2.36. The minimum atomic E-state index is 0.327. The van der Waals surface area contributed by atoms with E-state index in [2.05, 4.69) is 53.8 Å². The zero-order valence-corrected chi connectivity index (χ0v) is 16.4. The predicted octanol–water partition coefficient (Wildman–Crippen LogP) is 4.89. The number of phenols is 1. The maximum Gasteiger partial charge on any atom is 0.134 e. The van der Waals surface area contributed by atoms with Gasteiger partial charge in [0.05, 0.1) is 4.47 Å². The van der Waals surface area contributed by atoms with Gasteiger partial charge in [0.15, 0.2) is 0 Å². The molecule has 0 unspecified atom stereocenters. The number of hydrogen-bond donors (Lipinski definition) is 1. The van der Waals surface area contributed by atoms with E-state index in [1.54, 1.807) is 0 Å². The number of hydrogen-bond acceptors (Lipinski definition) is 3. The van der Waals surface area contributed by atoms with E-state index >= 15 is 0 Å². The lowest BCUT2D eigenvalue weighted by Crippen LogP contribution is -2.45. The van der Waals surface area contributed by atoms with Crippen LogP contribution in [0.1, 0.15) is 5.56 Å². The Labute approximate surface area is 158 Å². The zero-order valence-electron chi connectivity index (χ0n) is 12.5. The summed E-state index contributed by atoms with van der Waals surface area (Å²) in [6.07, 6.45) is 0. The highest BCUT2D eigenvalue weighted by Crippen LogP contribution is 2.32. The first-order chi connectivity index (χ1) is 11.0. The van der Waals surface area contributed by atoms with Gasteiger partial charge in [-0.3, -0.25) is 4.90 Å². The number of piperazine rings is 1. The van der Waals surface area contributed by atoms with Crippen LogP contribution in [0, 0.1) is 0 Å². The highest BCUT2D eigenvalue weighted by atomic mass is 79.9. The van der Waals surface area contributed by atoms with Crippen molar-refractivity contribution in [1.82, 2.24) is 4.90 Å². The highest BCUT2D eigenvalue weighted by Gasteiger charge is 2.19. The molecule has 0 aromatic heterocycles. The fraction of sp³-hybridized carbons (Fsp3) is 0.294. The van der Waals surface area contributed by atoms with Gasteiger partial charge in [-0.15, -0.1) is 0 Å². The van der Waals surface area contributed by atoms with Crippen LogP contribution in [0.5, 0.6) is 5.75 Å². The summed E-state index contributed by atoms with van der Waals surface area (Å²) >= 11 is 12.8. The van der Waals surface area contributed by atoms with Crippen LogP contribution in [0.2, 0.25) is 5.02 Å². The molecular formula is C17H17Br2ClN2O. The van der Waals surface area contributed by atoms with Crippen LogP contribution in [0.25, 0.3) is 0 Å². The van der Waals surface area contributed by atoms with Crippen LogP contribution in [0.4, 0.5) is 5.69 Å². The van der Waals surface area contributed by atoms with Crippen LogP contribution in [-0.4, -0.2) is 36.2 Å². The quantitative estimate of drug-likeness (QED) is 0.706. The van der Waals surface area contributed by atoms with E-state index in [1.165, 1.54) is 5.69 Å². The summed E-state index contributed by atoms with van der Waals surface area (Å²) in [5.74, 6) is 0.327. The molecule has 6 heteroatoms. The van der Waals surface area contributed by atoms with Gasteiger partial charge in [-0.1, -0.05) is 27.5 Å². The second kappa shape index (κ2) is 7.43. The molecule has 1 aliphatic heterocycles. The van der Waals surface area contributed by atoms with Crippen molar-refractivity contribution in [1.29, 1.82) is 0 Å². The Hall–Kier alpha value is -0.750. The minimum Gasteiger partial charge on any atom is -0.506 e. The molecule has 0 aliphatic carbocycles. The van der Waals surface area contributed by atoms with E-state index in [1.807, 2.05) is 24.3 Å². The molecule has 122 valence electrons. The third kappa shape index (κ3) is 4.21. The summed E-state index contributed by atoms with van der Waals surface area (Å²) in [5.41, 5.74) is 2.15. The summed E-state index contributed by atoms with van der Waals surface area (Å²) in [5, 5.41) is 11.0. The molecule has 1 aliphatic rings. The average molecular weight is 461 g/mol. The van der Waals surface area contributed by atoms with Crippen molar-refractivity contribution in [2.75, 3.05) is 31.1 Å². The molecule has 1 fully saturated rings. The molecule has 1 heterocycles. The van der Waals surface area contributed by atoms with E-state index in [-0.39, 0.29) is 0 Å². The second-order valence-electron chi connectivity index (χ2n) is 5.63. The topological polar surface area (TPSA) is 26.7 Å². The van der Waals surface area contributed by atoms with Crippen molar-refractivity contribution in [2.24, 2.45) is 0 Å². The number of benzene rings is 2. The molecule has 1 saturated heterocycles. The molecule has 3 rings (SSSR count). The van der Waals surface area contributed by atoms with Crippen LogP contribution < -0.4 is 4.90 Å². The smallest absolute Gasteiger partial charge is 0.134 e. The Morgan fingerprint density at radius 1 is 1.00 bits per heavy atom. The lowest BCUT2D eigenvalue weighted by molar-refractivity contribution is 0.246. The second-order valence-corrected chi connectivity index (χ2v) is 7.84. The number of rotatable bonds is 3. The number of aromatic hydroxyl groups is 1. The molecule has 0 saturated carbocycles. The van der Waals surface area contributed by atoms with Crippen molar-refractivity contribution in [3.63, 3.8) is 0 Å². The first-order valence-corrected chi connectivity index (χ1v) is 9.39. The molecule has 0 amide bonds. The van der Waals surface area contributed by atoms with Crippen LogP contribution in [0.15, 0.2) is 45.3 Å². The maximum atomic E-state index is 10.2. The molecule has 2 aromatic carbocycles. The van der Waals surface area contributed by atoms with Gasteiger partial charge < -0.3 is 10.0 Å². The molecular weight excluding hydrogens is 443 g/mol. The Kier molecular flexibility index (Phi) is 5.52. The molecule has 2 aromatic rings. The molecule has 0 bridgehead atoms. The number of anilines is 1. The predicted molar refractivity (Wildman–Crippen MR) is 102 cm³/mol. The first kappa shape index (κ1) is 17.1. The van der Waals surface area contributed by atoms with E-state index < -0.39 is 0 Å². The van der Waals surface area contributed by atoms with Gasteiger partial charge in [-0.25, -0.2) is 0 Å². The van der Waals surface area contributed by atoms with Gasteiger partial charge in [0.25, 0.3) is 0 Å². The van der Waals surface area contributed by atoms with Crippen LogP contribution >= 0.6 is 43.5 Å². The van der Waals surface area contributed by atoms with Gasteiger partial charge >= 0.3 is 0 Å². The van der Waals surface area contributed by atoms with Crippen molar-refractivity contribution in [2.45, 2.75) is 6.54 Å². The minimum absolute atomic E-state index is 0.327. The fourth-order valence-electron chi connectivity index (χ4n) is 2.80. The van der Waals surface area contributed by atoms with Gasteiger partial charge in [0.1, 0.15) is 5.75 Å². The summed E-state index contributed by atoms with van der Waals surface area (Å²) in [6, 6.07) is 11.8. The summed E-state index contributed by atoms with van der Waals surface area (Å²) in [7, 11) is 0. The Balaban J connectivity index is 1.62. The standard InChI is InChI=1S/C17H17Br2ClN2O/c18-13-9-12(17(23)16(19)10-13)11-21-5-7-22(8-6-21)15-3-1-14(20)2-4-15/h1-4,9-10,23H,5-8,11H2. The summed E-state index contributed by atoms with van der Waals surface area (Å²) in [4.78, 5) is 4.73. The average Bonchev–Trinajstić information content (AvgIpc) is 2.54. The van der Waals surface area contributed by atoms with E-state index in [0.29, 0.717) is 5.75 Å². The third-order valence-electron chi connectivity index (χ3n) is 4.07. The zero-order chi connectivity index (χ0) is 16.4. The fourth-order valence-corrected chi connectivity index (χ4v) is 4.24. The monoisotopic (exact) mass is 458 g/mol. The maximum absolute atomic E-state index is 10.2. The molecule has 0 radical (unpaired) electrons. The van der Waals surface area contributed by atoms with Crippen LogP contribution in [0.3, 0.4) is 0 Å². The SMILES string of the molecule is Oc1c(Br)cc(Br)cc1CN1CCN(c2ccc(Cl)cc2)CC1. The van der Waals surface area contributed by atoms with Gasteiger partial charge in [0.2, 0.25) is 0 Å². The van der Waals surface area contributed by atoms with E-state index in [9.17, 15) is 5.11 Å². The van der Waals surface area contributed by atoms with Gasteiger partial charge in [-0.05, 0) is 52.3 Å². The Bertz CT molecular complexity index is 686. The molecule has 0 spiro atoms. The Morgan fingerprint density at radius 3 is 2.30 bits per heavy atom. The molecule has 0 atom stereocenters. The lowest BCUT2D eigenvalue weighted by atomic mass is 10.1. The normalized spacial score (nSPS) is 15.9. The van der Waals surface area contributed by atoms with Gasteiger partial charge in [0, 0.05) is 53.5 Å². The molecule has 23 heavy (non-hydrogen) atoms. The number of nitrogens with zero attached hydrogens (tertiary/aromatic N) is 2. The highest BCUT2D eigenvalue weighted by molar-refractivity contribution is 9.11.